The van der Waals surface area contributed by atoms with E-state index in [0.29, 0.717) is 12.2 Å². The van der Waals surface area contributed by atoms with Gasteiger partial charge in [0.1, 0.15) is 5.75 Å². The topological polar surface area (TPSA) is 41.6 Å². The lowest BCUT2D eigenvalue weighted by molar-refractivity contribution is 0.0963. The second-order valence-corrected chi connectivity index (χ2v) is 5.41. The van der Waals surface area contributed by atoms with E-state index in [1.807, 2.05) is 12.1 Å². The highest BCUT2D eigenvalue weighted by Gasteiger charge is 2.17. The van der Waals surface area contributed by atoms with Crippen LogP contribution in [0.1, 0.15) is 16.8 Å². The second-order valence-electron chi connectivity index (χ2n) is 5.41. The molecule has 1 amide bonds. The normalized spacial score (nSPS) is 15.4. The highest BCUT2D eigenvalue weighted by molar-refractivity contribution is 5.94. The quantitative estimate of drug-likeness (QED) is 0.820. The predicted octanol–water partition coefficient (Wildman–Crippen LogP) is 2.51. The number of allylic oxidation sites excluding steroid dienone is 3. The Morgan fingerprint density at radius 3 is 2.86 bits per heavy atom. The number of fused-ring (bicyclic) bond motifs is 1. The summed E-state index contributed by atoms with van der Waals surface area (Å²) >= 11 is 0. The number of hydrogen-bond acceptors (Lipinski definition) is 3. The Bertz CT molecular complexity index is 642. The second kappa shape index (κ2) is 6.52. The van der Waals surface area contributed by atoms with E-state index in [-0.39, 0.29) is 5.91 Å². The van der Waals surface area contributed by atoms with Crippen molar-refractivity contribution in [3.8, 4) is 5.75 Å². The maximum Gasteiger partial charge on any atom is 0.251 e. The molecule has 114 valence electrons. The number of nitrogens with one attached hydrogen (secondary N) is 1. The van der Waals surface area contributed by atoms with Gasteiger partial charge in [0.25, 0.3) is 5.91 Å². The molecule has 1 aromatic rings. The van der Waals surface area contributed by atoms with Gasteiger partial charge in [-0.25, -0.2) is 0 Å². The molecule has 1 aromatic carbocycles. The summed E-state index contributed by atoms with van der Waals surface area (Å²) in [5, 5.41) is 2.60. The molecule has 0 aromatic heterocycles. The van der Waals surface area contributed by atoms with E-state index in [9.17, 15) is 4.79 Å². The summed E-state index contributed by atoms with van der Waals surface area (Å²) in [5.41, 5.74) is 3.39. The van der Waals surface area contributed by atoms with E-state index >= 15 is 0 Å². The zero-order valence-corrected chi connectivity index (χ0v) is 12.7. The first kappa shape index (κ1) is 14.4. The van der Waals surface area contributed by atoms with Gasteiger partial charge in [-0.15, -0.1) is 0 Å². The number of amides is 1. The molecule has 1 heterocycles. The molecular formula is C18H20N2O2. The van der Waals surface area contributed by atoms with Gasteiger partial charge in [0, 0.05) is 31.9 Å². The van der Waals surface area contributed by atoms with Gasteiger partial charge in [-0.1, -0.05) is 18.2 Å². The molecule has 0 fully saturated rings. The van der Waals surface area contributed by atoms with E-state index in [4.69, 9.17) is 4.74 Å². The molecule has 4 nitrogen and oxygen atoms in total. The van der Waals surface area contributed by atoms with Gasteiger partial charge in [-0.3, -0.25) is 4.79 Å². The van der Waals surface area contributed by atoms with Gasteiger partial charge in [-0.05, 0) is 41.8 Å². The average molecular weight is 296 g/mol. The summed E-state index contributed by atoms with van der Waals surface area (Å²) in [7, 11) is 1.63. The summed E-state index contributed by atoms with van der Waals surface area (Å²) in [5.74, 6) is 0.720. The van der Waals surface area contributed by atoms with Crippen LogP contribution in [0.3, 0.4) is 0 Å². The van der Waals surface area contributed by atoms with Gasteiger partial charge < -0.3 is 15.0 Å². The molecule has 4 heteroatoms. The molecule has 0 radical (unpaired) electrons. The van der Waals surface area contributed by atoms with Crippen molar-refractivity contribution in [1.82, 2.24) is 10.2 Å². The van der Waals surface area contributed by atoms with Gasteiger partial charge >= 0.3 is 0 Å². The Balaban J connectivity index is 1.40. The first-order valence-corrected chi connectivity index (χ1v) is 7.55. The van der Waals surface area contributed by atoms with Crippen molar-refractivity contribution in [3.05, 3.63) is 65.4 Å². The molecule has 0 atom stereocenters. The monoisotopic (exact) mass is 296 g/mol. The summed E-state index contributed by atoms with van der Waals surface area (Å²) in [6.45, 7) is 2.67. The molecule has 1 aliphatic heterocycles. The average Bonchev–Trinajstić information content (AvgIpc) is 3.13. The Labute approximate surface area is 130 Å². The molecule has 0 unspecified atom stereocenters. The van der Waals surface area contributed by atoms with Gasteiger partial charge in [0.05, 0.1) is 6.61 Å². The smallest absolute Gasteiger partial charge is 0.251 e. The van der Waals surface area contributed by atoms with Crippen molar-refractivity contribution in [3.63, 3.8) is 0 Å². The SMILES string of the molecule is CNC(=O)c1ccc(OCCCN2C=C3C=CC=C3C2)cc1. The molecule has 0 saturated heterocycles. The van der Waals surface area contributed by atoms with Crippen LogP contribution in [0, 0.1) is 0 Å². The zero-order chi connectivity index (χ0) is 15.4. The molecule has 22 heavy (non-hydrogen) atoms. The highest BCUT2D eigenvalue weighted by atomic mass is 16.5. The summed E-state index contributed by atoms with van der Waals surface area (Å²) in [6, 6.07) is 7.23. The van der Waals surface area contributed by atoms with Crippen molar-refractivity contribution >= 4 is 5.91 Å². The largest absolute Gasteiger partial charge is 0.494 e. The van der Waals surface area contributed by atoms with E-state index in [1.54, 1.807) is 19.2 Å². The molecule has 2 aliphatic rings. The van der Waals surface area contributed by atoms with E-state index in [2.05, 4.69) is 34.6 Å². The van der Waals surface area contributed by atoms with Crippen molar-refractivity contribution in [2.75, 3.05) is 26.7 Å². The maximum atomic E-state index is 11.4. The molecule has 0 bridgehead atoms. The number of carbonyl (C=O) groups is 1. The van der Waals surface area contributed by atoms with Crippen LogP contribution in [0.5, 0.6) is 5.75 Å². The van der Waals surface area contributed by atoms with Crippen LogP contribution < -0.4 is 10.1 Å². The van der Waals surface area contributed by atoms with Crippen LogP contribution in [0.4, 0.5) is 0 Å². The van der Waals surface area contributed by atoms with E-state index in [0.717, 1.165) is 25.3 Å². The summed E-state index contributed by atoms with van der Waals surface area (Å²) < 4.78 is 5.72. The van der Waals surface area contributed by atoms with Crippen LogP contribution >= 0.6 is 0 Å². The number of benzene rings is 1. The standard InChI is InChI=1S/C18H20N2O2/c1-19-18(21)14-6-8-17(9-7-14)22-11-3-10-20-12-15-4-2-5-16(15)13-20/h2,4-9,12H,3,10-11,13H2,1H3,(H,19,21). The minimum absolute atomic E-state index is 0.0810. The van der Waals surface area contributed by atoms with E-state index in [1.165, 1.54) is 11.1 Å². The Hall–Kier alpha value is -2.49. The van der Waals surface area contributed by atoms with Crippen molar-refractivity contribution in [2.24, 2.45) is 0 Å². The lowest BCUT2D eigenvalue weighted by Gasteiger charge is -2.15. The van der Waals surface area contributed by atoms with Crippen LogP contribution in [-0.2, 0) is 0 Å². The van der Waals surface area contributed by atoms with E-state index < -0.39 is 0 Å². The van der Waals surface area contributed by atoms with Crippen molar-refractivity contribution in [1.29, 1.82) is 0 Å². The molecular weight excluding hydrogens is 276 g/mol. The minimum Gasteiger partial charge on any atom is -0.494 e. The number of nitrogens with zero attached hydrogens (tertiary/aromatic N) is 1. The van der Waals surface area contributed by atoms with Crippen molar-refractivity contribution in [2.45, 2.75) is 6.42 Å². The van der Waals surface area contributed by atoms with Crippen LogP contribution in [0.25, 0.3) is 0 Å². The molecule has 3 rings (SSSR count). The van der Waals surface area contributed by atoms with Crippen LogP contribution in [0.2, 0.25) is 0 Å². The molecule has 1 aliphatic carbocycles. The van der Waals surface area contributed by atoms with Gasteiger partial charge in [0.2, 0.25) is 0 Å². The highest BCUT2D eigenvalue weighted by Crippen LogP contribution is 2.26. The van der Waals surface area contributed by atoms with Gasteiger partial charge in [-0.2, -0.15) is 0 Å². The minimum atomic E-state index is -0.0810. The number of rotatable bonds is 6. The summed E-state index contributed by atoms with van der Waals surface area (Å²) in [6.07, 6.45) is 9.62. The third kappa shape index (κ3) is 3.22. The fraction of sp³-hybridized carbons (Fsp3) is 0.278. The first-order valence-electron chi connectivity index (χ1n) is 7.55. The Morgan fingerprint density at radius 2 is 2.14 bits per heavy atom. The predicted molar refractivity (Wildman–Crippen MR) is 86.8 cm³/mol. The zero-order valence-electron chi connectivity index (χ0n) is 12.7. The van der Waals surface area contributed by atoms with Gasteiger partial charge in [0.15, 0.2) is 0 Å². The number of carbonyl (C=O) groups excluding carboxylic acids is 1. The van der Waals surface area contributed by atoms with Crippen LogP contribution in [-0.4, -0.2) is 37.6 Å². The fourth-order valence-electron chi connectivity index (χ4n) is 2.65. The fourth-order valence-corrected chi connectivity index (χ4v) is 2.65. The van der Waals surface area contributed by atoms with Crippen molar-refractivity contribution < 1.29 is 9.53 Å². The first-order chi connectivity index (χ1) is 10.8. The molecule has 1 N–H and O–H groups in total. The molecule has 0 spiro atoms. The number of ether oxygens (including phenoxy) is 1. The lowest BCUT2D eigenvalue weighted by Crippen LogP contribution is -2.18. The Kier molecular flexibility index (Phi) is 4.28. The third-order valence-electron chi connectivity index (χ3n) is 3.84. The summed E-state index contributed by atoms with van der Waals surface area (Å²) in [4.78, 5) is 13.8. The number of hydrogen-bond donors (Lipinski definition) is 1. The third-order valence-corrected chi connectivity index (χ3v) is 3.84. The maximum absolute atomic E-state index is 11.4. The Morgan fingerprint density at radius 1 is 1.32 bits per heavy atom. The molecule has 0 saturated carbocycles. The lowest BCUT2D eigenvalue weighted by atomic mass is 10.2. The van der Waals surface area contributed by atoms with Crippen LogP contribution in [0.15, 0.2) is 59.8 Å².